The van der Waals surface area contributed by atoms with E-state index in [0.717, 1.165) is 6.92 Å². The maximum atomic E-state index is 10.2. The standard InChI is InChI=1S/C5H8O4.Na.H/c1-3-8-5(7)9-4(2)6;;/h3H2,1-2H3;;/q;+1;-1. The van der Waals surface area contributed by atoms with Crippen LogP contribution in [0.3, 0.4) is 0 Å². The van der Waals surface area contributed by atoms with Crippen LogP contribution in [0.5, 0.6) is 0 Å². The summed E-state index contributed by atoms with van der Waals surface area (Å²) < 4.78 is 8.26. The summed E-state index contributed by atoms with van der Waals surface area (Å²) in [6.45, 7) is 2.98. The van der Waals surface area contributed by atoms with Crippen LogP contribution in [-0.2, 0) is 14.3 Å². The summed E-state index contributed by atoms with van der Waals surface area (Å²) in [6, 6.07) is 0. The molecule has 0 spiro atoms. The van der Waals surface area contributed by atoms with Crippen molar-refractivity contribution in [2.24, 2.45) is 0 Å². The molecule has 4 nitrogen and oxygen atoms in total. The van der Waals surface area contributed by atoms with Crippen LogP contribution in [0.2, 0.25) is 0 Å². The molecule has 0 fully saturated rings. The molecule has 0 rings (SSSR count). The van der Waals surface area contributed by atoms with E-state index in [1.54, 1.807) is 6.92 Å². The van der Waals surface area contributed by atoms with Gasteiger partial charge in [-0.15, -0.1) is 0 Å². The Balaban J connectivity index is -0.000000320. The first-order valence-electron chi connectivity index (χ1n) is 2.52. The van der Waals surface area contributed by atoms with Crippen molar-refractivity contribution in [1.29, 1.82) is 0 Å². The SMILES string of the molecule is CCOC(=O)OC(C)=O.[H-].[Na+]. The summed E-state index contributed by atoms with van der Waals surface area (Å²) in [6.07, 6.45) is -0.940. The van der Waals surface area contributed by atoms with Gasteiger partial charge in [0.15, 0.2) is 0 Å². The minimum absolute atomic E-state index is 0. The maximum absolute atomic E-state index is 10.2. The van der Waals surface area contributed by atoms with Gasteiger partial charge in [-0.05, 0) is 6.92 Å². The fourth-order valence-electron chi connectivity index (χ4n) is 0.265. The molecule has 0 bridgehead atoms. The summed E-state index contributed by atoms with van der Waals surface area (Å²) in [5, 5.41) is 0. The van der Waals surface area contributed by atoms with E-state index in [2.05, 4.69) is 9.47 Å². The van der Waals surface area contributed by atoms with Crippen LogP contribution in [0.4, 0.5) is 4.79 Å². The van der Waals surface area contributed by atoms with Crippen molar-refractivity contribution in [2.75, 3.05) is 6.61 Å². The third-order valence-electron chi connectivity index (χ3n) is 0.489. The Morgan fingerprint density at radius 2 is 2.00 bits per heavy atom. The van der Waals surface area contributed by atoms with E-state index < -0.39 is 12.1 Å². The first kappa shape index (κ1) is 12.6. The van der Waals surface area contributed by atoms with E-state index in [4.69, 9.17) is 0 Å². The number of ether oxygens (including phenoxy) is 2. The zero-order valence-corrected chi connectivity index (χ0v) is 8.34. The number of hydrogen-bond acceptors (Lipinski definition) is 4. The van der Waals surface area contributed by atoms with Gasteiger partial charge in [0, 0.05) is 6.92 Å². The summed E-state index contributed by atoms with van der Waals surface area (Å²) in [5.74, 6) is -0.659. The first-order chi connectivity index (χ1) is 4.16. The van der Waals surface area contributed by atoms with Gasteiger partial charge in [0.1, 0.15) is 0 Å². The van der Waals surface area contributed by atoms with Crippen molar-refractivity contribution in [3.05, 3.63) is 0 Å². The summed E-state index contributed by atoms with van der Waals surface area (Å²) in [7, 11) is 0. The molecule has 0 aromatic carbocycles. The first-order valence-corrected chi connectivity index (χ1v) is 2.52. The van der Waals surface area contributed by atoms with Crippen LogP contribution in [0, 0.1) is 0 Å². The van der Waals surface area contributed by atoms with Crippen molar-refractivity contribution >= 4 is 12.1 Å². The van der Waals surface area contributed by atoms with Crippen LogP contribution in [0.1, 0.15) is 15.3 Å². The van der Waals surface area contributed by atoms with Crippen LogP contribution < -0.4 is 29.6 Å². The molecule has 0 atom stereocenters. The minimum atomic E-state index is -0.940. The van der Waals surface area contributed by atoms with Crippen molar-refractivity contribution in [3.63, 3.8) is 0 Å². The molecule has 0 saturated carbocycles. The van der Waals surface area contributed by atoms with E-state index >= 15 is 0 Å². The summed E-state index contributed by atoms with van der Waals surface area (Å²) >= 11 is 0. The summed E-state index contributed by atoms with van der Waals surface area (Å²) in [5.41, 5.74) is 0. The normalized spacial score (nSPS) is 7.40. The molecule has 0 amide bonds. The van der Waals surface area contributed by atoms with E-state index in [-0.39, 0.29) is 37.6 Å². The van der Waals surface area contributed by atoms with Crippen LogP contribution >= 0.6 is 0 Å². The Hall–Kier alpha value is -0.0600. The Labute approximate surface area is 82.6 Å². The number of hydrogen-bond donors (Lipinski definition) is 0. The fourth-order valence-corrected chi connectivity index (χ4v) is 0.265. The van der Waals surface area contributed by atoms with Crippen molar-refractivity contribution in [1.82, 2.24) is 0 Å². The molecule has 0 radical (unpaired) electrons. The van der Waals surface area contributed by atoms with Crippen molar-refractivity contribution in [3.8, 4) is 0 Å². The van der Waals surface area contributed by atoms with Gasteiger partial charge in [-0.3, -0.25) is 4.79 Å². The smallest absolute Gasteiger partial charge is 1.00 e. The molecule has 0 N–H and O–H groups in total. The second kappa shape index (κ2) is 7.05. The molecular weight excluding hydrogens is 147 g/mol. The maximum Gasteiger partial charge on any atom is 1.00 e. The van der Waals surface area contributed by atoms with Crippen molar-refractivity contribution < 1.29 is 50.0 Å². The van der Waals surface area contributed by atoms with Gasteiger partial charge in [0.25, 0.3) is 0 Å². The molecule has 0 aromatic rings. The fraction of sp³-hybridized carbons (Fsp3) is 0.600. The van der Waals surface area contributed by atoms with Gasteiger partial charge < -0.3 is 10.9 Å². The van der Waals surface area contributed by atoms with Crippen LogP contribution in [0.15, 0.2) is 0 Å². The van der Waals surface area contributed by atoms with E-state index in [1.807, 2.05) is 0 Å². The number of carbonyl (C=O) groups excluding carboxylic acids is 2. The molecule has 0 heterocycles. The molecular formula is C5H9NaO4. The zero-order chi connectivity index (χ0) is 7.28. The molecule has 10 heavy (non-hydrogen) atoms. The van der Waals surface area contributed by atoms with Gasteiger partial charge in [0.2, 0.25) is 0 Å². The molecule has 0 aromatic heterocycles. The van der Waals surface area contributed by atoms with Gasteiger partial charge >= 0.3 is 41.7 Å². The third kappa shape index (κ3) is 7.94. The average Bonchev–Trinajstić information content (AvgIpc) is 1.63. The van der Waals surface area contributed by atoms with Gasteiger partial charge in [-0.1, -0.05) is 0 Å². The van der Waals surface area contributed by atoms with Gasteiger partial charge in [-0.2, -0.15) is 0 Å². The molecule has 0 unspecified atom stereocenters. The second-order valence-electron chi connectivity index (χ2n) is 1.28. The number of rotatable bonds is 1. The van der Waals surface area contributed by atoms with Crippen LogP contribution in [-0.4, -0.2) is 18.7 Å². The predicted molar refractivity (Wildman–Crippen MR) is 29.9 cm³/mol. The monoisotopic (exact) mass is 156 g/mol. The molecule has 0 saturated heterocycles. The number of carbonyl (C=O) groups is 2. The van der Waals surface area contributed by atoms with Crippen molar-refractivity contribution in [2.45, 2.75) is 13.8 Å². The van der Waals surface area contributed by atoms with E-state index in [9.17, 15) is 9.59 Å². The average molecular weight is 156 g/mol. The zero-order valence-electron chi connectivity index (χ0n) is 7.34. The minimum Gasteiger partial charge on any atom is -1.00 e. The molecule has 5 heteroatoms. The Morgan fingerprint density at radius 3 is 2.30 bits per heavy atom. The van der Waals surface area contributed by atoms with E-state index in [1.165, 1.54) is 0 Å². The van der Waals surface area contributed by atoms with Crippen LogP contribution in [0.25, 0.3) is 0 Å². The Morgan fingerprint density at radius 1 is 1.50 bits per heavy atom. The quantitative estimate of drug-likeness (QED) is 0.246. The Kier molecular flexibility index (Phi) is 8.89. The molecule has 0 aliphatic heterocycles. The predicted octanol–water partition coefficient (Wildman–Crippen LogP) is -2.18. The largest absolute Gasteiger partial charge is 1.00 e. The Bertz CT molecular complexity index is 128. The van der Waals surface area contributed by atoms with Gasteiger partial charge in [0.05, 0.1) is 6.61 Å². The molecule has 0 aliphatic rings. The number of esters is 1. The third-order valence-corrected chi connectivity index (χ3v) is 0.489. The molecule has 0 aliphatic carbocycles. The van der Waals surface area contributed by atoms with Gasteiger partial charge in [-0.25, -0.2) is 4.79 Å². The second-order valence-corrected chi connectivity index (χ2v) is 1.28. The molecule has 54 valence electrons. The summed E-state index contributed by atoms with van der Waals surface area (Å²) in [4.78, 5) is 20.2. The van der Waals surface area contributed by atoms with E-state index in [0.29, 0.717) is 0 Å². The topological polar surface area (TPSA) is 52.6 Å².